The first-order valence-electron chi connectivity index (χ1n) is 12.7. The molecule has 4 aromatic rings. The third-order valence-corrected chi connectivity index (χ3v) is 7.02. The maximum atomic E-state index is 13.5. The third-order valence-electron chi connectivity index (χ3n) is 6.10. The van der Waals surface area contributed by atoms with Gasteiger partial charge < -0.3 is 14.6 Å². The first kappa shape index (κ1) is 29.5. The average Bonchev–Trinajstić information content (AvgIpc) is 3.36. The largest absolute Gasteiger partial charge is 0.489 e. The van der Waals surface area contributed by atoms with Gasteiger partial charge in [0.15, 0.2) is 6.10 Å². The van der Waals surface area contributed by atoms with Crippen LogP contribution in [0.25, 0.3) is 5.57 Å². The average molecular weight is 577 g/mol. The summed E-state index contributed by atoms with van der Waals surface area (Å²) in [6, 6.07) is 21.5. The third kappa shape index (κ3) is 8.03. The van der Waals surface area contributed by atoms with Gasteiger partial charge in [-0.25, -0.2) is 4.79 Å². The Labute approximate surface area is 240 Å². The Morgan fingerprint density at radius 3 is 2.37 bits per heavy atom. The smallest absolute Gasteiger partial charge is 0.416 e. The molecule has 1 atom stereocenters. The van der Waals surface area contributed by atoms with Gasteiger partial charge in [-0.15, -0.1) is 11.3 Å². The van der Waals surface area contributed by atoms with Crippen molar-refractivity contribution in [3.8, 4) is 23.3 Å². The van der Waals surface area contributed by atoms with E-state index in [9.17, 15) is 18.0 Å². The molecule has 4 rings (SSSR count). The Hall–Kier alpha value is -4.48. The highest BCUT2D eigenvalue weighted by atomic mass is 32.1. The highest BCUT2D eigenvalue weighted by Crippen LogP contribution is 2.33. The zero-order valence-corrected chi connectivity index (χ0v) is 23.4. The van der Waals surface area contributed by atoms with Gasteiger partial charge in [-0.3, -0.25) is 0 Å². The van der Waals surface area contributed by atoms with Crippen LogP contribution in [0.2, 0.25) is 0 Å². The number of carboxylic acid groups (broad SMARTS) is 1. The van der Waals surface area contributed by atoms with Crippen LogP contribution in [0.15, 0.2) is 84.9 Å². The fourth-order valence-corrected chi connectivity index (χ4v) is 4.66. The van der Waals surface area contributed by atoms with Crippen LogP contribution < -0.4 is 9.47 Å². The molecule has 0 bridgehead atoms. The van der Waals surface area contributed by atoms with Gasteiger partial charge >= 0.3 is 12.1 Å². The predicted molar refractivity (Wildman–Crippen MR) is 154 cm³/mol. The summed E-state index contributed by atoms with van der Waals surface area (Å²) in [6.45, 7) is 5.31. The van der Waals surface area contributed by atoms with Crippen molar-refractivity contribution < 1.29 is 32.5 Å². The van der Waals surface area contributed by atoms with E-state index < -0.39 is 23.8 Å². The molecule has 1 unspecified atom stereocenters. The molecule has 1 aromatic heterocycles. The number of carboxylic acids is 1. The zero-order chi connectivity index (χ0) is 29.6. The van der Waals surface area contributed by atoms with E-state index in [1.807, 2.05) is 43.3 Å². The zero-order valence-electron chi connectivity index (χ0n) is 22.6. The Morgan fingerprint density at radius 2 is 1.73 bits per heavy atom. The molecule has 210 valence electrons. The number of alkyl halides is 3. The van der Waals surface area contributed by atoms with Crippen molar-refractivity contribution in [2.24, 2.45) is 0 Å². The predicted octanol–water partition coefficient (Wildman–Crippen LogP) is 8.15. The van der Waals surface area contributed by atoms with Gasteiger partial charge in [-0.05, 0) is 104 Å². The lowest BCUT2D eigenvalue weighted by molar-refractivity contribution is -0.144. The minimum atomic E-state index is -4.48. The highest BCUT2D eigenvalue weighted by Gasteiger charge is 2.30. The van der Waals surface area contributed by atoms with Crippen LogP contribution in [0, 0.1) is 25.7 Å². The van der Waals surface area contributed by atoms with Crippen molar-refractivity contribution in [2.75, 3.05) is 6.61 Å². The molecule has 0 spiro atoms. The number of hydrogen-bond donors (Lipinski definition) is 1. The molecule has 3 aromatic carbocycles. The van der Waals surface area contributed by atoms with Gasteiger partial charge in [0.1, 0.15) is 18.1 Å². The molecular weight excluding hydrogens is 549 g/mol. The summed E-state index contributed by atoms with van der Waals surface area (Å²) >= 11 is 1.61. The summed E-state index contributed by atoms with van der Waals surface area (Å²) in [6.07, 6.45) is -3.75. The number of aliphatic carboxylic acids is 1. The molecule has 1 heterocycles. The number of carbonyl (C=O) groups is 1. The van der Waals surface area contributed by atoms with E-state index in [0.29, 0.717) is 33.8 Å². The number of aryl methyl sites for hydroxylation is 2. The molecule has 0 saturated carbocycles. The lowest BCUT2D eigenvalue weighted by Crippen LogP contribution is -2.23. The van der Waals surface area contributed by atoms with Gasteiger partial charge in [0.25, 0.3) is 0 Å². The van der Waals surface area contributed by atoms with Crippen molar-refractivity contribution >= 4 is 22.9 Å². The molecule has 0 radical (unpaired) electrons. The SMILES string of the molecule is Cc1ccc(C#Cc2ccc(/C(=C\COc3ccc(OC(C)C(=O)O)c(C)c3)c3cccc(C(F)(F)F)c3)cc2)s1. The molecular formula is C33H27F3O4S. The molecule has 0 amide bonds. The molecule has 0 aliphatic rings. The summed E-state index contributed by atoms with van der Waals surface area (Å²) in [5.41, 5.74) is 2.43. The van der Waals surface area contributed by atoms with Crippen LogP contribution in [0.4, 0.5) is 13.2 Å². The summed E-state index contributed by atoms with van der Waals surface area (Å²) in [5.74, 6) is 6.11. The van der Waals surface area contributed by atoms with Crippen molar-refractivity contribution in [1.29, 1.82) is 0 Å². The number of hydrogen-bond acceptors (Lipinski definition) is 4. The van der Waals surface area contributed by atoms with E-state index in [1.54, 1.807) is 48.6 Å². The van der Waals surface area contributed by atoms with Crippen LogP contribution in [0.3, 0.4) is 0 Å². The number of thiophene rings is 1. The number of rotatable bonds is 8. The Morgan fingerprint density at radius 1 is 0.976 bits per heavy atom. The number of ether oxygens (including phenoxy) is 2. The second-order valence-corrected chi connectivity index (χ2v) is 10.6. The van der Waals surface area contributed by atoms with Gasteiger partial charge in [-0.2, -0.15) is 13.2 Å². The Balaban J connectivity index is 1.59. The van der Waals surface area contributed by atoms with Crippen LogP contribution in [-0.4, -0.2) is 23.8 Å². The highest BCUT2D eigenvalue weighted by molar-refractivity contribution is 7.12. The summed E-state index contributed by atoms with van der Waals surface area (Å²) in [4.78, 5) is 13.2. The van der Waals surface area contributed by atoms with Crippen LogP contribution in [-0.2, 0) is 11.0 Å². The second-order valence-electron chi connectivity index (χ2n) is 9.27. The summed E-state index contributed by atoms with van der Waals surface area (Å²) < 4.78 is 51.8. The molecule has 0 saturated heterocycles. The number of halogens is 3. The molecule has 0 fully saturated rings. The molecule has 4 nitrogen and oxygen atoms in total. The van der Waals surface area contributed by atoms with E-state index >= 15 is 0 Å². The van der Waals surface area contributed by atoms with E-state index in [4.69, 9.17) is 14.6 Å². The quantitative estimate of drug-likeness (QED) is 0.215. The fourth-order valence-electron chi connectivity index (χ4n) is 3.94. The molecule has 8 heteroatoms. The first-order chi connectivity index (χ1) is 19.5. The van der Waals surface area contributed by atoms with E-state index in [0.717, 1.165) is 22.6 Å². The van der Waals surface area contributed by atoms with Crippen LogP contribution in [0.1, 0.15) is 44.5 Å². The minimum absolute atomic E-state index is 0.0794. The first-order valence-corrected chi connectivity index (χ1v) is 13.5. The van der Waals surface area contributed by atoms with Crippen LogP contribution in [0.5, 0.6) is 11.5 Å². The monoisotopic (exact) mass is 576 g/mol. The van der Waals surface area contributed by atoms with Gasteiger partial charge in [0.05, 0.1) is 10.4 Å². The second kappa shape index (κ2) is 12.8. The standard InChI is InChI=1S/C33H27F3O4S/c1-21-19-28(13-16-31(21)40-23(3)32(37)38)39-18-17-30(26-5-4-6-27(20-26)33(34,35)36)25-11-8-24(9-12-25)10-15-29-14-7-22(2)41-29/h4-9,11-14,16-17,19-20,23H,18H2,1-3H3,(H,37,38)/b30-17+. The van der Waals surface area contributed by atoms with Crippen molar-refractivity contribution in [2.45, 2.75) is 33.1 Å². The van der Waals surface area contributed by atoms with E-state index in [2.05, 4.69) is 11.8 Å². The van der Waals surface area contributed by atoms with Gasteiger partial charge in [0.2, 0.25) is 0 Å². The minimum Gasteiger partial charge on any atom is -0.489 e. The summed E-state index contributed by atoms with van der Waals surface area (Å²) in [5, 5.41) is 9.07. The van der Waals surface area contributed by atoms with E-state index in [-0.39, 0.29) is 6.61 Å². The Bertz CT molecular complexity index is 1620. The maximum absolute atomic E-state index is 13.5. The maximum Gasteiger partial charge on any atom is 0.416 e. The summed E-state index contributed by atoms with van der Waals surface area (Å²) in [7, 11) is 0. The molecule has 0 aliphatic heterocycles. The molecule has 1 N–H and O–H groups in total. The molecule has 0 aliphatic carbocycles. The number of benzene rings is 3. The Kier molecular flexibility index (Phi) is 9.21. The fraction of sp³-hybridized carbons (Fsp3) is 0.182. The van der Waals surface area contributed by atoms with Crippen LogP contribution >= 0.6 is 11.3 Å². The lowest BCUT2D eigenvalue weighted by atomic mass is 9.95. The normalized spacial score (nSPS) is 12.3. The lowest BCUT2D eigenvalue weighted by Gasteiger charge is -2.15. The van der Waals surface area contributed by atoms with Crippen molar-refractivity contribution in [1.82, 2.24) is 0 Å². The van der Waals surface area contributed by atoms with E-state index in [1.165, 1.54) is 17.9 Å². The topological polar surface area (TPSA) is 55.8 Å². The van der Waals surface area contributed by atoms with Gasteiger partial charge in [-0.1, -0.05) is 36.1 Å². The molecule has 41 heavy (non-hydrogen) atoms. The van der Waals surface area contributed by atoms with Gasteiger partial charge in [0, 0.05) is 10.4 Å². The van der Waals surface area contributed by atoms with Crippen molar-refractivity contribution in [3.05, 3.63) is 123 Å². The van der Waals surface area contributed by atoms with Crippen molar-refractivity contribution in [3.63, 3.8) is 0 Å².